The monoisotopic (exact) mass is 293 g/mol. The maximum absolute atomic E-state index is 12.7. The van der Waals surface area contributed by atoms with E-state index in [4.69, 9.17) is 11.6 Å². The Morgan fingerprint density at radius 1 is 1.37 bits per heavy atom. The van der Waals surface area contributed by atoms with Crippen molar-refractivity contribution in [3.05, 3.63) is 28.3 Å². The van der Waals surface area contributed by atoms with E-state index in [1.807, 2.05) is 0 Å². The molecule has 6 heteroatoms. The van der Waals surface area contributed by atoms with Crippen molar-refractivity contribution in [2.24, 2.45) is 5.92 Å². The minimum Gasteiger partial charge on any atom is -0.506 e. The van der Waals surface area contributed by atoms with E-state index in [0.29, 0.717) is 6.42 Å². The van der Waals surface area contributed by atoms with Gasteiger partial charge in [0, 0.05) is 0 Å². The Balaban J connectivity index is 2.25. The summed E-state index contributed by atoms with van der Waals surface area (Å²) in [6.45, 7) is 1.69. The van der Waals surface area contributed by atoms with E-state index >= 15 is 0 Å². The molecule has 1 heterocycles. The van der Waals surface area contributed by atoms with Crippen LogP contribution in [0, 0.1) is 5.92 Å². The van der Waals surface area contributed by atoms with Gasteiger partial charge in [-0.05, 0) is 56.0 Å². The van der Waals surface area contributed by atoms with Gasteiger partial charge in [-0.15, -0.1) is 0 Å². The topological polar surface area (TPSA) is 32.3 Å². The number of hydrogen-bond donors (Lipinski definition) is 2. The third-order valence-corrected chi connectivity index (χ3v) is 3.67. The maximum Gasteiger partial charge on any atom is 0.416 e. The Kier molecular flexibility index (Phi) is 4.26. The van der Waals surface area contributed by atoms with Crippen LogP contribution < -0.4 is 5.32 Å². The molecule has 1 aliphatic rings. The molecule has 1 fully saturated rings. The van der Waals surface area contributed by atoms with Gasteiger partial charge >= 0.3 is 6.18 Å². The molecule has 0 aromatic heterocycles. The first-order valence-corrected chi connectivity index (χ1v) is 6.55. The number of piperidine rings is 1. The molecule has 2 nitrogen and oxygen atoms in total. The van der Waals surface area contributed by atoms with Crippen LogP contribution in [0.5, 0.6) is 5.75 Å². The third kappa shape index (κ3) is 3.54. The summed E-state index contributed by atoms with van der Waals surface area (Å²) in [4.78, 5) is 0. The summed E-state index contributed by atoms with van der Waals surface area (Å²) in [6.07, 6.45) is -2.10. The molecule has 106 valence electrons. The molecule has 1 atom stereocenters. The van der Waals surface area contributed by atoms with Crippen LogP contribution in [0.25, 0.3) is 0 Å². The lowest BCUT2D eigenvalue weighted by Crippen LogP contribution is -2.30. The zero-order valence-corrected chi connectivity index (χ0v) is 11.0. The van der Waals surface area contributed by atoms with Gasteiger partial charge in [0.05, 0.1) is 10.6 Å². The highest BCUT2D eigenvalue weighted by Crippen LogP contribution is 2.38. The van der Waals surface area contributed by atoms with Crippen molar-refractivity contribution in [3.8, 4) is 5.75 Å². The van der Waals surface area contributed by atoms with Crippen molar-refractivity contribution in [3.63, 3.8) is 0 Å². The van der Waals surface area contributed by atoms with E-state index in [9.17, 15) is 18.3 Å². The summed E-state index contributed by atoms with van der Waals surface area (Å²) in [7, 11) is 0. The van der Waals surface area contributed by atoms with E-state index in [1.54, 1.807) is 0 Å². The largest absolute Gasteiger partial charge is 0.506 e. The van der Waals surface area contributed by atoms with Crippen LogP contribution in [0.3, 0.4) is 0 Å². The van der Waals surface area contributed by atoms with Gasteiger partial charge in [0.25, 0.3) is 0 Å². The Hall–Kier alpha value is -0.940. The molecule has 1 saturated heterocycles. The van der Waals surface area contributed by atoms with Crippen molar-refractivity contribution < 1.29 is 18.3 Å². The zero-order valence-electron chi connectivity index (χ0n) is 10.2. The predicted molar refractivity (Wildman–Crippen MR) is 67.4 cm³/mol. The Labute approximate surface area is 114 Å². The van der Waals surface area contributed by atoms with Crippen LogP contribution in [-0.2, 0) is 12.6 Å². The summed E-state index contributed by atoms with van der Waals surface area (Å²) in [6, 6.07) is 1.76. The SMILES string of the molecule is Oc1c(Cl)cc(C(F)(F)F)cc1CC1CCCNC1. The molecule has 19 heavy (non-hydrogen) atoms. The molecule has 1 aliphatic heterocycles. The molecular formula is C13H15ClF3NO. The van der Waals surface area contributed by atoms with E-state index in [2.05, 4.69) is 5.32 Å². The normalized spacial score (nSPS) is 20.5. The lowest BCUT2D eigenvalue weighted by atomic mass is 9.91. The lowest BCUT2D eigenvalue weighted by Gasteiger charge is -2.23. The highest BCUT2D eigenvalue weighted by atomic mass is 35.5. The summed E-state index contributed by atoms with van der Waals surface area (Å²) >= 11 is 5.68. The molecule has 0 spiro atoms. The van der Waals surface area contributed by atoms with Crippen LogP contribution >= 0.6 is 11.6 Å². The standard InChI is InChI=1S/C13H15ClF3NO/c14-11-6-10(13(15,16)17)5-9(12(11)19)4-8-2-1-3-18-7-8/h5-6,8,18-19H,1-4,7H2. The zero-order chi connectivity index (χ0) is 14.0. The number of halogens is 4. The van der Waals surface area contributed by atoms with Crippen molar-refractivity contribution >= 4 is 11.6 Å². The van der Waals surface area contributed by atoms with Crippen LogP contribution in [0.4, 0.5) is 13.2 Å². The molecule has 1 unspecified atom stereocenters. The van der Waals surface area contributed by atoms with Gasteiger partial charge in [-0.2, -0.15) is 13.2 Å². The Morgan fingerprint density at radius 2 is 2.11 bits per heavy atom. The first-order chi connectivity index (χ1) is 8.88. The number of nitrogens with one attached hydrogen (secondary N) is 1. The van der Waals surface area contributed by atoms with E-state index in [0.717, 1.165) is 38.1 Å². The van der Waals surface area contributed by atoms with Crippen LogP contribution in [-0.4, -0.2) is 18.2 Å². The van der Waals surface area contributed by atoms with Gasteiger partial charge in [0.15, 0.2) is 0 Å². The smallest absolute Gasteiger partial charge is 0.416 e. The fourth-order valence-corrected chi connectivity index (χ4v) is 2.62. The van der Waals surface area contributed by atoms with Gasteiger partial charge in [-0.25, -0.2) is 0 Å². The molecule has 0 amide bonds. The number of benzene rings is 1. The third-order valence-electron chi connectivity index (χ3n) is 3.38. The van der Waals surface area contributed by atoms with Crippen LogP contribution in [0.2, 0.25) is 5.02 Å². The van der Waals surface area contributed by atoms with E-state index in [1.165, 1.54) is 0 Å². The van der Waals surface area contributed by atoms with Crippen molar-refractivity contribution in [2.45, 2.75) is 25.4 Å². The number of alkyl halides is 3. The summed E-state index contributed by atoms with van der Waals surface area (Å²) in [5, 5.41) is 12.8. The van der Waals surface area contributed by atoms with Gasteiger partial charge in [0.1, 0.15) is 5.75 Å². The van der Waals surface area contributed by atoms with Crippen molar-refractivity contribution in [1.29, 1.82) is 0 Å². The molecular weight excluding hydrogens is 279 g/mol. The number of aromatic hydroxyl groups is 1. The van der Waals surface area contributed by atoms with Gasteiger partial charge < -0.3 is 10.4 Å². The molecule has 0 aliphatic carbocycles. The van der Waals surface area contributed by atoms with Crippen LogP contribution in [0.1, 0.15) is 24.0 Å². The molecule has 0 saturated carbocycles. The Bertz CT molecular complexity index is 456. The first kappa shape index (κ1) is 14.5. The average molecular weight is 294 g/mol. The Morgan fingerprint density at radius 3 is 2.68 bits per heavy atom. The number of hydrogen-bond acceptors (Lipinski definition) is 2. The van der Waals surface area contributed by atoms with Crippen molar-refractivity contribution in [1.82, 2.24) is 5.32 Å². The molecule has 2 N–H and O–H groups in total. The second-order valence-electron chi connectivity index (χ2n) is 4.88. The average Bonchev–Trinajstić information content (AvgIpc) is 2.34. The number of phenolic OH excluding ortho intramolecular Hbond substituents is 1. The van der Waals surface area contributed by atoms with E-state index in [-0.39, 0.29) is 22.3 Å². The second-order valence-corrected chi connectivity index (χ2v) is 5.29. The van der Waals surface area contributed by atoms with Gasteiger partial charge in [-0.3, -0.25) is 0 Å². The highest BCUT2D eigenvalue weighted by Gasteiger charge is 2.32. The lowest BCUT2D eigenvalue weighted by molar-refractivity contribution is -0.137. The minimum atomic E-state index is -4.45. The van der Waals surface area contributed by atoms with Crippen molar-refractivity contribution in [2.75, 3.05) is 13.1 Å². The minimum absolute atomic E-state index is 0.235. The fourth-order valence-electron chi connectivity index (χ4n) is 2.38. The summed E-state index contributed by atoms with van der Waals surface area (Å²) < 4.78 is 38.1. The van der Waals surface area contributed by atoms with Gasteiger partial charge in [0.2, 0.25) is 0 Å². The van der Waals surface area contributed by atoms with Crippen LogP contribution in [0.15, 0.2) is 12.1 Å². The molecule has 0 bridgehead atoms. The summed E-state index contributed by atoms with van der Waals surface area (Å²) in [5.41, 5.74) is -0.539. The quantitative estimate of drug-likeness (QED) is 0.873. The maximum atomic E-state index is 12.7. The predicted octanol–water partition coefficient (Wildman–Crippen LogP) is 3.61. The van der Waals surface area contributed by atoms with E-state index < -0.39 is 11.7 Å². The second kappa shape index (κ2) is 5.59. The van der Waals surface area contributed by atoms with Gasteiger partial charge in [-0.1, -0.05) is 11.6 Å². The fraction of sp³-hybridized carbons (Fsp3) is 0.538. The molecule has 1 aromatic rings. The number of phenols is 1. The summed E-state index contributed by atoms with van der Waals surface area (Å²) in [5.74, 6) is -0.000518. The molecule has 0 radical (unpaired) electrons. The molecule has 1 aromatic carbocycles. The highest BCUT2D eigenvalue weighted by molar-refractivity contribution is 6.32. The molecule has 2 rings (SSSR count). The first-order valence-electron chi connectivity index (χ1n) is 6.17. The number of rotatable bonds is 2.